The van der Waals surface area contributed by atoms with Crippen LogP contribution in [0, 0.1) is 11.8 Å². The summed E-state index contributed by atoms with van der Waals surface area (Å²) < 4.78 is 0. The zero-order valence-electron chi connectivity index (χ0n) is 11.7. The highest BCUT2D eigenvalue weighted by Gasteiger charge is 2.39. The Morgan fingerprint density at radius 3 is 2.68 bits per heavy atom. The van der Waals surface area contributed by atoms with Crippen LogP contribution in [0.1, 0.15) is 50.8 Å². The first-order chi connectivity index (χ1) is 8.91. The summed E-state index contributed by atoms with van der Waals surface area (Å²) in [4.78, 5) is 11.9. The van der Waals surface area contributed by atoms with E-state index in [1.807, 2.05) is 32.0 Å². The first kappa shape index (κ1) is 12.7. The summed E-state index contributed by atoms with van der Waals surface area (Å²) in [5.74, 6) is 0.992. The molecule has 19 heavy (non-hydrogen) atoms. The summed E-state index contributed by atoms with van der Waals surface area (Å²) >= 11 is 0. The second kappa shape index (κ2) is 4.07. The molecule has 2 aliphatic rings. The van der Waals surface area contributed by atoms with Gasteiger partial charge in [-0.3, -0.25) is 4.79 Å². The highest BCUT2D eigenvalue weighted by Crippen LogP contribution is 2.44. The normalized spacial score (nSPS) is 23.7. The molecular weight excluding hydrogens is 238 g/mol. The van der Waals surface area contributed by atoms with Crippen LogP contribution in [0.3, 0.4) is 0 Å². The largest absolute Gasteiger partial charge is 0.388 e. The van der Waals surface area contributed by atoms with Gasteiger partial charge in [-0.2, -0.15) is 0 Å². The maximum atomic E-state index is 11.9. The van der Waals surface area contributed by atoms with Crippen molar-refractivity contribution in [2.75, 3.05) is 5.32 Å². The van der Waals surface area contributed by atoms with Crippen LogP contribution in [-0.4, -0.2) is 11.0 Å². The number of anilines is 1. The summed E-state index contributed by atoms with van der Waals surface area (Å²) in [6.07, 6.45) is 2.04. The second-order valence-corrected chi connectivity index (χ2v) is 6.53. The lowest BCUT2D eigenvalue weighted by molar-refractivity contribution is -0.119. The average molecular weight is 259 g/mol. The maximum Gasteiger partial charge on any atom is 0.234 e. The Bertz CT molecular complexity index is 532. The fourth-order valence-electron chi connectivity index (χ4n) is 2.96. The molecule has 1 heterocycles. The number of hydrogen-bond donors (Lipinski definition) is 2. The van der Waals surface area contributed by atoms with Gasteiger partial charge in [0.25, 0.3) is 0 Å². The Kier molecular flexibility index (Phi) is 2.72. The highest BCUT2D eigenvalue weighted by molar-refractivity contribution is 6.05. The smallest absolute Gasteiger partial charge is 0.234 e. The van der Waals surface area contributed by atoms with E-state index in [1.165, 1.54) is 12.8 Å². The minimum absolute atomic E-state index is 0.0318. The molecule has 0 radical (unpaired) electrons. The van der Waals surface area contributed by atoms with E-state index in [4.69, 9.17) is 0 Å². The molecule has 1 saturated carbocycles. The first-order valence-electron chi connectivity index (χ1n) is 7.05. The van der Waals surface area contributed by atoms with E-state index in [-0.39, 0.29) is 5.91 Å². The van der Waals surface area contributed by atoms with Crippen molar-refractivity contribution < 1.29 is 9.90 Å². The number of amides is 1. The Morgan fingerprint density at radius 2 is 2.05 bits per heavy atom. The summed E-state index contributed by atoms with van der Waals surface area (Å²) in [6.45, 7) is 5.97. The third-order valence-corrected chi connectivity index (χ3v) is 4.74. The van der Waals surface area contributed by atoms with Crippen LogP contribution in [0.2, 0.25) is 0 Å². The van der Waals surface area contributed by atoms with Gasteiger partial charge in [0.2, 0.25) is 5.91 Å². The predicted octanol–water partition coefficient (Wildman–Crippen LogP) is 3.00. The molecule has 1 aromatic carbocycles. The van der Waals surface area contributed by atoms with E-state index < -0.39 is 11.5 Å². The summed E-state index contributed by atoms with van der Waals surface area (Å²) in [5, 5.41) is 13.4. The van der Waals surface area contributed by atoms with E-state index >= 15 is 0 Å². The molecule has 0 spiro atoms. The quantitative estimate of drug-likeness (QED) is 0.876. The van der Waals surface area contributed by atoms with Crippen LogP contribution in [0.5, 0.6) is 0 Å². The van der Waals surface area contributed by atoms with Crippen LogP contribution in [0.25, 0.3) is 0 Å². The van der Waals surface area contributed by atoms with Gasteiger partial charge in [0.15, 0.2) is 0 Å². The van der Waals surface area contributed by atoms with Gasteiger partial charge in [-0.05, 0) is 55.7 Å². The van der Waals surface area contributed by atoms with E-state index in [0.29, 0.717) is 11.8 Å². The van der Waals surface area contributed by atoms with Gasteiger partial charge in [-0.15, -0.1) is 0 Å². The number of rotatable bonds is 3. The lowest BCUT2D eigenvalue weighted by Crippen LogP contribution is -2.27. The van der Waals surface area contributed by atoms with Crippen molar-refractivity contribution >= 4 is 11.6 Å². The van der Waals surface area contributed by atoms with E-state index in [9.17, 15) is 9.90 Å². The van der Waals surface area contributed by atoms with Crippen molar-refractivity contribution in [1.82, 2.24) is 0 Å². The number of aliphatic hydroxyl groups is 1. The molecule has 2 atom stereocenters. The molecule has 1 aromatic rings. The zero-order valence-corrected chi connectivity index (χ0v) is 11.7. The van der Waals surface area contributed by atoms with Crippen LogP contribution in [0.15, 0.2) is 18.2 Å². The van der Waals surface area contributed by atoms with E-state index in [0.717, 1.165) is 16.8 Å². The lowest BCUT2D eigenvalue weighted by atomic mass is 9.83. The molecule has 1 aliphatic heterocycles. The van der Waals surface area contributed by atoms with Gasteiger partial charge >= 0.3 is 0 Å². The van der Waals surface area contributed by atoms with Crippen molar-refractivity contribution in [3.8, 4) is 0 Å². The molecule has 1 aliphatic carbocycles. The minimum Gasteiger partial charge on any atom is -0.388 e. The molecule has 0 aromatic heterocycles. The topological polar surface area (TPSA) is 49.3 Å². The predicted molar refractivity (Wildman–Crippen MR) is 74.9 cm³/mol. The molecule has 1 fully saturated rings. The van der Waals surface area contributed by atoms with Crippen LogP contribution < -0.4 is 5.32 Å². The third-order valence-electron chi connectivity index (χ3n) is 4.74. The van der Waals surface area contributed by atoms with Gasteiger partial charge in [0.1, 0.15) is 0 Å². The lowest BCUT2D eigenvalue weighted by Gasteiger charge is -2.21. The average Bonchev–Trinajstić information content (AvgIpc) is 3.18. The number of carbonyl (C=O) groups excluding carboxylic acids is 1. The number of aliphatic hydroxyl groups excluding tert-OH is 1. The van der Waals surface area contributed by atoms with Gasteiger partial charge < -0.3 is 10.4 Å². The monoisotopic (exact) mass is 259 g/mol. The zero-order chi connectivity index (χ0) is 13.8. The SMILES string of the molecule is CC(C1CC1)C(O)c1ccc2c(c1)C(C)(C)C(=O)N2. The molecule has 3 nitrogen and oxygen atoms in total. The van der Waals surface area contributed by atoms with Crippen LogP contribution in [-0.2, 0) is 10.2 Å². The van der Waals surface area contributed by atoms with Gasteiger partial charge in [-0.1, -0.05) is 19.1 Å². The van der Waals surface area contributed by atoms with E-state index in [1.54, 1.807) is 0 Å². The Morgan fingerprint density at radius 1 is 1.37 bits per heavy atom. The van der Waals surface area contributed by atoms with Crippen molar-refractivity contribution in [1.29, 1.82) is 0 Å². The number of hydrogen-bond acceptors (Lipinski definition) is 2. The highest BCUT2D eigenvalue weighted by atomic mass is 16.3. The number of nitrogens with one attached hydrogen (secondary N) is 1. The van der Waals surface area contributed by atoms with Gasteiger partial charge in [0, 0.05) is 5.69 Å². The number of carbonyl (C=O) groups is 1. The van der Waals surface area contributed by atoms with Crippen molar-refractivity contribution in [3.63, 3.8) is 0 Å². The Labute approximate surface area is 114 Å². The molecule has 2 unspecified atom stereocenters. The molecule has 3 rings (SSSR count). The van der Waals surface area contributed by atoms with Gasteiger partial charge in [0.05, 0.1) is 11.5 Å². The molecule has 2 N–H and O–H groups in total. The first-order valence-corrected chi connectivity index (χ1v) is 7.05. The molecule has 102 valence electrons. The summed E-state index contributed by atoms with van der Waals surface area (Å²) in [5.41, 5.74) is 2.30. The Hall–Kier alpha value is -1.35. The summed E-state index contributed by atoms with van der Waals surface area (Å²) in [7, 11) is 0. The molecule has 0 saturated heterocycles. The summed E-state index contributed by atoms with van der Waals surface area (Å²) in [6, 6.07) is 5.85. The van der Waals surface area contributed by atoms with Gasteiger partial charge in [-0.25, -0.2) is 0 Å². The van der Waals surface area contributed by atoms with Crippen molar-refractivity contribution in [2.24, 2.45) is 11.8 Å². The number of benzene rings is 1. The Balaban J connectivity index is 1.93. The molecule has 3 heteroatoms. The minimum atomic E-state index is -0.506. The van der Waals surface area contributed by atoms with Crippen LogP contribution in [0.4, 0.5) is 5.69 Å². The second-order valence-electron chi connectivity index (χ2n) is 6.53. The molecule has 0 bridgehead atoms. The fourth-order valence-corrected chi connectivity index (χ4v) is 2.96. The maximum absolute atomic E-state index is 11.9. The van der Waals surface area contributed by atoms with Crippen molar-refractivity contribution in [3.05, 3.63) is 29.3 Å². The fraction of sp³-hybridized carbons (Fsp3) is 0.562. The standard InChI is InChI=1S/C16H21NO2/c1-9(10-4-5-10)14(18)11-6-7-13-12(8-11)16(2,3)15(19)17-13/h6-10,14,18H,4-5H2,1-3H3,(H,17,19). The number of fused-ring (bicyclic) bond motifs is 1. The molecular formula is C16H21NO2. The van der Waals surface area contributed by atoms with E-state index in [2.05, 4.69) is 12.2 Å². The molecule has 1 amide bonds. The van der Waals surface area contributed by atoms with Crippen LogP contribution >= 0.6 is 0 Å². The van der Waals surface area contributed by atoms with Crippen molar-refractivity contribution in [2.45, 2.75) is 45.1 Å². The third kappa shape index (κ3) is 1.96.